The van der Waals surface area contributed by atoms with Crippen LogP contribution in [0, 0.1) is 0 Å². The van der Waals surface area contributed by atoms with E-state index in [9.17, 15) is 19.2 Å². The summed E-state index contributed by atoms with van der Waals surface area (Å²) in [5, 5.41) is -0.495. The number of benzene rings is 2. The van der Waals surface area contributed by atoms with Gasteiger partial charge in [0.25, 0.3) is 11.1 Å². The summed E-state index contributed by atoms with van der Waals surface area (Å²) in [6.07, 6.45) is 2.27. The van der Waals surface area contributed by atoms with E-state index in [0.717, 1.165) is 28.6 Å². The highest BCUT2D eigenvalue weighted by molar-refractivity contribution is 8.18. The summed E-state index contributed by atoms with van der Waals surface area (Å²) in [5.41, 5.74) is 2.82. The van der Waals surface area contributed by atoms with Crippen molar-refractivity contribution >= 4 is 40.9 Å². The summed E-state index contributed by atoms with van der Waals surface area (Å²) < 4.78 is 10.0. The largest absolute Gasteiger partial charge is 0.481 e. The van der Waals surface area contributed by atoms with E-state index in [0.29, 0.717) is 24.4 Å². The number of esters is 1. The van der Waals surface area contributed by atoms with Crippen molar-refractivity contribution in [3.05, 3.63) is 70.1 Å². The van der Waals surface area contributed by atoms with Gasteiger partial charge in [-0.15, -0.1) is 0 Å². The quantitative estimate of drug-likeness (QED) is 0.477. The highest BCUT2D eigenvalue weighted by Crippen LogP contribution is 2.34. The monoisotopic (exact) mass is 466 g/mol. The Labute approximate surface area is 195 Å². The second-order valence-corrected chi connectivity index (χ2v) is 8.50. The Kier molecular flexibility index (Phi) is 6.79. The number of nitrogens with zero attached hydrogens (tertiary/aromatic N) is 2. The average molecular weight is 467 g/mol. The summed E-state index contributed by atoms with van der Waals surface area (Å²) in [6.45, 7) is 0.430. The van der Waals surface area contributed by atoms with Crippen LogP contribution < -0.4 is 4.74 Å². The maximum absolute atomic E-state index is 12.9. The zero-order chi connectivity index (χ0) is 23.4. The summed E-state index contributed by atoms with van der Waals surface area (Å²) in [5.74, 6) is -0.963. The molecule has 9 heteroatoms. The molecule has 2 aliphatic heterocycles. The number of carbonyl (C=O) groups excluding carboxylic acids is 4. The van der Waals surface area contributed by atoms with Crippen molar-refractivity contribution in [2.24, 2.45) is 0 Å². The van der Waals surface area contributed by atoms with Gasteiger partial charge in [0.15, 0.2) is 6.61 Å². The molecular weight excluding hydrogens is 444 g/mol. The molecule has 33 heavy (non-hydrogen) atoms. The van der Waals surface area contributed by atoms with Gasteiger partial charge in [-0.1, -0.05) is 42.5 Å². The van der Waals surface area contributed by atoms with E-state index in [1.165, 1.54) is 18.7 Å². The van der Waals surface area contributed by atoms with Crippen LogP contribution in [-0.2, 0) is 32.1 Å². The van der Waals surface area contributed by atoms with E-state index >= 15 is 0 Å². The fourth-order valence-corrected chi connectivity index (χ4v) is 4.48. The van der Waals surface area contributed by atoms with Crippen LogP contribution >= 0.6 is 11.8 Å². The van der Waals surface area contributed by atoms with Crippen LogP contribution in [0.25, 0.3) is 6.08 Å². The predicted molar refractivity (Wildman–Crippen MR) is 122 cm³/mol. The Bertz CT molecular complexity index is 1150. The SMILES string of the molecule is COC(=O)COc1ccccc1/C=C1\SC(=O)N(CC(=O)N2CCc3ccccc3C2)C1=O. The fraction of sp³-hybridized carbons (Fsp3) is 0.250. The smallest absolute Gasteiger partial charge is 0.343 e. The normalized spacial score (nSPS) is 16.7. The van der Waals surface area contributed by atoms with Crippen molar-refractivity contribution < 1.29 is 28.7 Å². The highest BCUT2D eigenvalue weighted by Gasteiger charge is 2.37. The number of rotatable bonds is 6. The Balaban J connectivity index is 1.45. The lowest BCUT2D eigenvalue weighted by Gasteiger charge is -2.29. The van der Waals surface area contributed by atoms with Crippen molar-refractivity contribution in [1.82, 2.24) is 9.80 Å². The molecule has 0 spiro atoms. The van der Waals surface area contributed by atoms with Crippen molar-refractivity contribution in [3.8, 4) is 5.75 Å². The molecular formula is C24H22N2O6S. The van der Waals surface area contributed by atoms with Crippen LogP contribution in [0.3, 0.4) is 0 Å². The fourth-order valence-electron chi connectivity index (χ4n) is 3.65. The first-order valence-electron chi connectivity index (χ1n) is 10.3. The summed E-state index contributed by atoms with van der Waals surface area (Å²) in [4.78, 5) is 52.4. The van der Waals surface area contributed by atoms with E-state index in [1.807, 2.05) is 24.3 Å². The minimum Gasteiger partial charge on any atom is -0.481 e. The Hall–Kier alpha value is -3.59. The van der Waals surface area contributed by atoms with Gasteiger partial charge in [-0.05, 0) is 41.5 Å². The molecule has 0 unspecified atom stereocenters. The van der Waals surface area contributed by atoms with Gasteiger partial charge in [0, 0.05) is 18.7 Å². The lowest BCUT2D eigenvalue weighted by Crippen LogP contribution is -2.44. The molecule has 0 saturated carbocycles. The third kappa shape index (κ3) is 5.09. The number of carbonyl (C=O) groups is 4. The first-order chi connectivity index (χ1) is 16.0. The minimum absolute atomic E-state index is 0.186. The molecule has 0 bridgehead atoms. The number of para-hydroxylation sites is 1. The molecule has 1 fully saturated rings. The second-order valence-electron chi connectivity index (χ2n) is 7.50. The number of imide groups is 1. The van der Waals surface area contributed by atoms with Crippen molar-refractivity contribution in [1.29, 1.82) is 0 Å². The zero-order valence-electron chi connectivity index (χ0n) is 18.0. The summed E-state index contributed by atoms with van der Waals surface area (Å²) in [7, 11) is 1.26. The molecule has 0 aromatic heterocycles. The van der Waals surface area contributed by atoms with Gasteiger partial charge in [-0.3, -0.25) is 19.3 Å². The minimum atomic E-state index is -0.538. The van der Waals surface area contributed by atoms with Crippen LogP contribution in [-0.4, -0.2) is 59.6 Å². The molecule has 1 saturated heterocycles. The van der Waals surface area contributed by atoms with Gasteiger partial charge >= 0.3 is 5.97 Å². The third-order valence-electron chi connectivity index (χ3n) is 5.43. The molecule has 2 aliphatic rings. The van der Waals surface area contributed by atoms with E-state index in [4.69, 9.17) is 4.74 Å². The standard InChI is InChI=1S/C24H22N2O6S/c1-31-22(28)15-32-19-9-5-4-7-17(19)12-20-23(29)26(24(30)33-20)14-21(27)25-11-10-16-6-2-3-8-18(16)13-25/h2-9,12H,10-11,13-15H2,1H3/b20-12-. The van der Waals surface area contributed by atoms with Gasteiger partial charge in [-0.2, -0.15) is 0 Å². The van der Waals surface area contributed by atoms with Crippen LogP contribution in [0.5, 0.6) is 5.75 Å². The number of fused-ring (bicyclic) bond motifs is 1. The maximum atomic E-state index is 12.9. The Morgan fingerprint density at radius 3 is 2.58 bits per heavy atom. The number of methoxy groups -OCH3 is 1. The molecule has 0 atom stereocenters. The molecule has 170 valence electrons. The number of amides is 3. The van der Waals surface area contributed by atoms with Gasteiger partial charge in [-0.25, -0.2) is 4.79 Å². The molecule has 2 aromatic carbocycles. The average Bonchev–Trinajstić information content (AvgIpc) is 3.10. The third-order valence-corrected chi connectivity index (χ3v) is 6.34. The van der Waals surface area contributed by atoms with Crippen LogP contribution in [0.1, 0.15) is 16.7 Å². The number of hydrogen-bond acceptors (Lipinski definition) is 7. The Morgan fingerprint density at radius 1 is 1.06 bits per heavy atom. The van der Waals surface area contributed by atoms with E-state index in [2.05, 4.69) is 4.74 Å². The molecule has 0 N–H and O–H groups in total. The number of hydrogen-bond donors (Lipinski definition) is 0. The molecule has 2 heterocycles. The molecule has 0 radical (unpaired) electrons. The molecule has 8 nitrogen and oxygen atoms in total. The first kappa shape index (κ1) is 22.6. The lowest BCUT2D eigenvalue weighted by molar-refractivity contribution is -0.143. The molecule has 3 amide bonds. The van der Waals surface area contributed by atoms with Gasteiger partial charge in [0.1, 0.15) is 12.3 Å². The van der Waals surface area contributed by atoms with Crippen molar-refractivity contribution in [3.63, 3.8) is 0 Å². The van der Waals surface area contributed by atoms with Crippen molar-refractivity contribution in [2.45, 2.75) is 13.0 Å². The van der Waals surface area contributed by atoms with E-state index < -0.39 is 17.1 Å². The number of ether oxygens (including phenoxy) is 2. The second kappa shape index (κ2) is 9.91. The topological polar surface area (TPSA) is 93.2 Å². The molecule has 2 aromatic rings. The summed E-state index contributed by atoms with van der Waals surface area (Å²) in [6, 6.07) is 14.8. The molecule has 0 aliphatic carbocycles. The molecule has 4 rings (SSSR count). The van der Waals surface area contributed by atoms with E-state index in [-0.39, 0.29) is 24.0 Å². The zero-order valence-corrected chi connectivity index (χ0v) is 18.8. The maximum Gasteiger partial charge on any atom is 0.343 e. The van der Waals surface area contributed by atoms with E-state index in [1.54, 1.807) is 29.2 Å². The van der Waals surface area contributed by atoms with Crippen LogP contribution in [0.2, 0.25) is 0 Å². The predicted octanol–water partition coefficient (Wildman–Crippen LogP) is 2.86. The lowest BCUT2D eigenvalue weighted by atomic mass is 10.00. The summed E-state index contributed by atoms with van der Waals surface area (Å²) >= 11 is 0.772. The van der Waals surface area contributed by atoms with Crippen molar-refractivity contribution in [2.75, 3.05) is 26.8 Å². The van der Waals surface area contributed by atoms with Gasteiger partial charge in [0.2, 0.25) is 5.91 Å². The van der Waals surface area contributed by atoms with Crippen LogP contribution in [0.4, 0.5) is 4.79 Å². The number of thioether (sulfide) groups is 1. The first-order valence-corrected chi connectivity index (χ1v) is 11.2. The Morgan fingerprint density at radius 2 is 1.79 bits per heavy atom. The van der Waals surface area contributed by atoms with Gasteiger partial charge in [0.05, 0.1) is 12.0 Å². The highest BCUT2D eigenvalue weighted by atomic mass is 32.2. The van der Waals surface area contributed by atoms with Crippen LogP contribution in [0.15, 0.2) is 53.4 Å². The van der Waals surface area contributed by atoms with Gasteiger partial charge < -0.3 is 14.4 Å².